The summed E-state index contributed by atoms with van der Waals surface area (Å²) in [7, 11) is 0. The highest BCUT2D eigenvalue weighted by molar-refractivity contribution is 6.14. The normalized spacial score (nSPS) is 12.7. The molecule has 294 valence electrons. The van der Waals surface area contributed by atoms with Gasteiger partial charge in [-0.25, -0.2) is 0 Å². The van der Waals surface area contributed by atoms with E-state index in [1.807, 2.05) is 0 Å². The third-order valence-corrected chi connectivity index (χ3v) is 12.9. The van der Waals surface area contributed by atoms with Gasteiger partial charge in [-0.1, -0.05) is 208 Å². The molecule has 1 heteroatoms. The Morgan fingerprint density at radius 1 is 0.339 bits per heavy atom. The lowest BCUT2D eigenvalue weighted by molar-refractivity contribution is 0.660. The van der Waals surface area contributed by atoms with Gasteiger partial charge in [0.25, 0.3) is 0 Å². The largest absolute Gasteiger partial charge is 0.310 e. The van der Waals surface area contributed by atoms with Gasteiger partial charge in [-0.2, -0.15) is 0 Å². The zero-order valence-corrected chi connectivity index (χ0v) is 35.0. The molecule has 0 N–H and O–H groups in total. The summed E-state index contributed by atoms with van der Waals surface area (Å²) in [6.07, 6.45) is 4.59. The Morgan fingerprint density at radius 3 is 1.48 bits per heavy atom. The van der Waals surface area contributed by atoms with Gasteiger partial charge < -0.3 is 4.90 Å². The van der Waals surface area contributed by atoms with Gasteiger partial charge in [0.1, 0.15) is 0 Å². The Balaban J connectivity index is 0.982. The van der Waals surface area contributed by atoms with Crippen molar-refractivity contribution < 1.29 is 0 Å². The summed E-state index contributed by atoms with van der Waals surface area (Å²) in [5, 5.41) is 4.98. The number of para-hydroxylation sites is 2. The van der Waals surface area contributed by atoms with Gasteiger partial charge in [-0.15, -0.1) is 0 Å². The van der Waals surface area contributed by atoms with E-state index in [0.29, 0.717) is 0 Å². The van der Waals surface area contributed by atoms with Crippen molar-refractivity contribution in [3.05, 3.63) is 247 Å². The molecule has 0 saturated carbocycles. The van der Waals surface area contributed by atoms with Crippen molar-refractivity contribution in [2.45, 2.75) is 19.3 Å². The number of fused-ring (bicyclic) bond motifs is 5. The maximum atomic E-state index is 2.42. The summed E-state index contributed by atoms with van der Waals surface area (Å²) in [4.78, 5) is 2.35. The van der Waals surface area contributed by atoms with Crippen molar-refractivity contribution in [3.63, 3.8) is 0 Å². The monoisotopic (exact) mass is 791 g/mol. The molecule has 0 aliphatic heterocycles. The van der Waals surface area contributed by atoms with Crippen LogP contribution in [0.5, 0.6) is 0 Å². The lowest BCUT2D eigenvalue weighted by Gasteiger charge is -2.28. The van der Waals surface area contributed by atoms with Crippen molar-refractivity contribution in [1.82, 2.24) is 0 Å². The fraction of sp³-hybridized carbons (Fsp3) is 0.0492. The number of hydrogen-bond acceptors (Lipinski definition) is 1. The Labute approximate surface area is 364 Å². The van der Waals surface area contributed by atoms with Crippen molar-refractivity contribution in [2.24, 2.45) is 0 Å². The summed E-state index contributed by atoms with van der Waals surface area (Å²) in [6.45, 7) is 4.74. The minimum atomic E-state index is -0.174. The SMILES string of the molecule is CC1(C)c2cc(C=Cc3ccc(-c4cc(-c5ccccc5)c5ccccc5c4-c4ccccc4)c4ccccc34)ccc2-c2ccc(N(c3ccccc3)c3ccccc3)cc21. The molecule has 0 atom stereocenters. The first-order valence-corrected chi connectivity index (χ1v) is 21.6. The molecule has 0 heterocycles. The van der Waals surface area contributed by atoms with Crippen LogP contribution in [0.1, 0.15) is 36.1 Å². The van der Waals surface area contributed by atoms with Crippen molar-refractivity contribution in [3.8, 4) is 44.5 Å². The minimum absolute atomic E-state index is 0.174. The van der Waals surface area contributed by atoms with Gasteiger partial charge in [0, 0.05) is 22.5 Å². The van der Waals surface area contributed by atoms with E-state index in [1.54, 1.807) is 0 Å². The highest BCUT2D eigenvalue weighted by atomic mass is 15.1. The smallest absolute Gasteiger partial charge is 0.0465 e. The van der Waals surface area contributed by atoms with Gasteiger partial charge in [0.15, 0.2) is 0 Å². The molecule has 0 saturated heterocycles. The molecule has 0 fully saturated rings. The Hall–Kier alpha value is -7.74. The first-order chi connectivity index (χ1) is 30.5. The van der Waals surface area contributed by atoms with Crippen molar-refractivity contribution in [1.29, 1.82) is 0 Å². The van der Waals surface area contributed by atoms with Crippen LogP contribution >= 0.6 is 0 Å². The highest BCUT2D eigenvalue weighted by Gasteiger charge is 2.36. The maximum absolute atomic E-state index is 2.42. The lowest BCUT2D eigenvalue weighted by Crippen LogP contribution is -2.16. The predicted molar refractivity (Wildman–Crippen MR) is 265 cm³/mol. The molecule has 11 rings (SSSR count). The van der Waals surface area contributed by atoms with Crippen molar-refractivity contribution >= 4 is 50.8 Å². The molecule has 0 unspecified atom stereocenters. The highest BCUT2D eigenvalue weighted by Crippen LogP contribution is 2.51. The number of anilines is 3. The maximum Gasteiger partial charge on any atom is 0.0465 e. The van der Waals surface area contributed by atoms with Crippen LogP contribution in [0.25, 0.3) is 78.2 Å². The van der Waals surface area contributed by atoms with E-state index in [-0.39, 0.29) is 5.41 Å². The molecule has 1 nitrogen and oxygen atoms in total. The third kappa shape index (κ3) is 6.42. The third-order valence-electron chi connectivity index (χ3n) is 12.9. The zero-order chi connectivity index (χ0) is 41.6. The van der Waals surface area contributed by atoms with Crippen LogP contribution in [-0.2, 0) is 5.41 Å². The Kier molecular flexibility index (Phi) is 9.24. The minimum Gasteiger partial charge on any atom is -0.310 e. The van der Waals surface area contributed by atoms with E-state index in [9.17, 15) is 0 Å². The number of rotatable bonds is 8. The van der Waals surface area contributed by atoms with Gasteiger partial charge in [-0.05, 0) is 131 Å². The fourth-order valence-electron chi connectivity index (χ4n) is 9.84. The molecule has 1 aliphatic carbocycles. The fourth-order valence-corrected chi connectivity index (χ4v) is 9.84. The number of nitrogens with zero attached hydrogens (tertiary/aromatic N) is 1. The first kappa shape index (κ1) is 37.3. The second-order valence-corrected chi connectivity index (χ2v) is 16.9. The summed E-state index contributed by atoms with van der Waals surface area (Å²) in [5.74, 6) is 0. The van der Waals surface area contributed by atoms with Gasteiger partial charge >= 0.3 is 0 Å². The molecule has 0 amide bonds. The Bertz CT molecular complexity index is 3250. The van der Waals surface area contributed by atoms with E-state index in [4.69, 9.17) is 0 Å². The molecule has 10 aromatic carbocycles. The topological polar surface area (TPSA) is 3.24 Å². The van der Waals surface area contributed by atoms with Crippen LogP contribution in [0.15, 0.2) is 224 Å². The van der Waals surface area contributed by atoms with Gasteiger partial charge in [0.2, 0.25) is 0 Å². The second kappa shape index (κ2) is 15.4. The van der Waals surface area contributed by atoms with Crippen LogP contribution in [0.3, 0.4) is 0 Å². The van der Waals surface area contributed by atoms with E-state index in [0.717, 1.165) is 17.1 Å². The molecule has 0 spiro atoms. The molecule has 1 aliphatic rings. The van der Waals surface area contributed by atoms with Crippen molar-refractivity contribution in [2.75, 3.05) is 4.90 Å². The predicted octanol–water partition coefficient (Wildman–Crippen LogP) is 16.9. The van der Waals surface area contributed by atoms with Crippen LogP contribution < -0.4 is 4.90 Å². The zero-order valence-electron chi connectivity index (χ0n) is 35.0. The molecule has 0 radical (unpaired) electrons. The van der Waals surface area contributed by atoms with Crippen LogP contribution in [0.2, 0.25) is 0 Å². The second-order valence-electron chi connectivity index (χ2n) is 16.9. The molecular weight excluding hydrogens is 747 g/mol. The Morgan fingerprint density at radius 2 is 0.839 bits per heavy atom. The quantitative estimate of drug-likeness (QED) is 0.139. The molecule has 62 heavy (non-hydrogen) atoms. The lowest BCUT2D eigenvalue weighted by atomic mass is 9.81. The van der Waals surface area contributed by atoms with E-state index in [2.05, 4.69) is 255 Å². The molecule has 0 bridgehead atoms. The summed E-state index contributed by atoms with van der Waals surface area (Å²) in [6, 6.07) is 81.8. The molecular formula is C61H45N. The van der Waals surface area contributed by atoms with E-state index >= 15 is 0 Å². The molecule has 10 aromatic rings. The van der Waals surface area contributed by atoms with E-state index in [1.165, 1.54) is 88.3 Å². The average Bonchev–Trinajstić information content (AvgIpc) is 3.56. The van der Waals surface area contributed by atoms with Crippen LogP contribution in [0.4, 0.5) is 17.1 Å². The number of benzene rings is 10. The average molecular weight is 792 g/mol. The van der Waals surface area contributed by atoms with E-state index < -0.39 is 0 Å². The van der Waals surface area contributed by atoms with Gasteiger partial charge in [-0.3, -0.25) is 0 Å². The van der Waals surface area contributed by atoms with Crippen LogP contribution in [0, 0.1) is 0 Å². The summed E-state index contributed by atoms with van der Waals surface area (Å²) >= 11 is 0. The number of hydrogen-bond donors (Lipinski definition) is 0. The van der Waals surface area contributed by atoms with Gasteiger partial charge in [0.05, 0.1) is 0 Å². The summed E-state index contributed by atoms with van der Waals surface area (Å²) < 4.78 is 0. The first-order valence-electron chi connectivity index (χ1n) is 21.6. The summed E-state index contributed by atoms with van der Waals surface area (Å²) in [5.41, 5.74) is 18.4. The molecule has 0 aromatic heterocycles. The van der Waals surface area contributed by atoms with Crippen LogP contribution in [-0.4, -0.2) is 0 Å². The standard InChI is InChI=1S/C61H45N/c1-61(2)58-39-42(32-36-53(58)54-38-35-48(40-59(54)61)62(46-23-11-5-12-24-46)47-25-13-6-14-26-47)31-33-44-34-37-52(50-28-16-15-27-49(44)50)57-41-56(43-19-7-3-8-20-43)51-29-17-18-30-55(51)60(57)45-21-9-4-10-22-45/h3-41H,1-2H3.